The zero-order valence-corrected chi connectivity index (χ0v) is 24.4. The van der Waals surface area contributed by atoms with Gasteiger partial charge in [0.05, 0.1) is 26.0 Å². The van der Waals surface area contributed by atoms with Crippen LogP contribution in [-0.2, 0) is 14.4 Å². The SMILES string of the molecule is CCOC(=O)c1c(-c2ccc(OC)cc2)oc2ccc(OCCCCCCN3C(=O)/C(=N\OC)c4cc(F)ccc43)cc12. The molecule has 0 atom stereocenters. The molecule has 5 rings (SSSR count). The average Bonchev–Trinajstić information content (AvgIpc) is 3.51. The Morgan fingerprint density at radius 1 is 0.953 bits per heavy atom. The Bertz CT molecular complexity index is 1650. The topological polar surface area (TPSA) is 99.8 Å². The number of hydrogen-bond acceptors (Lipinski definition) is 8. The molecule has 43 heavy (non-hydrogen) atoms. The normalized spacial score (nSPS) is 13.4. The monoisotopic (exact) mass is 588 g/mol. The molecular formula is C33H33FN2O7. The van der Waals surface area contributed by atoms with E-state index in [4.69, 9.17) is 23.5 Å². The third kappa shape index (κ3) is 6.33. The van der Waals surface area contributed by atoms with Crippen LogP contribution in [0.2, 0.25) is 0 Å². The van der Waals surface area contributed by atoms with Gasteiger partial charge in [-0.15, -0.1) is 0 Å². The fourth-order valence-corrected chi connectivity index (χ4v) is 5.12. The number of oxime groups is 1. The summed E-state index contributed by atoms with van der Waals surface area (Å²) in [6.45, 7) is 2.98. The first-order valence-corrected chi connectivity index (χ1v) is 14.2. The Balaban J connectivity index is 1.18. The van der Waals surface area contributed by atoms with Crippen LogP contribution in [-0.4, -0.2) is 51.6 Å². The number of hydrogen-bond donors (Lipinski definition) is 0. The standard InChI is InChI=1S/C33H33FN2O7/c1-4-41-33(38)29-26-20-24(14-16-28(26)43-31(29)21-9-12-23(39-2)13-10-21)42-18-8-6-5-7-17-36-27-15-11-22(34)19-25(27)30(32(36)37)35-40-3/h9-16,19-20H,4-8,17-18H2,1-3H3/b35-30-. The molecule has 0 bridgehead atoms. The summed E-state index contributed by atoms with van der Waals surface area (Å²) in [6, 6.07) is 16.9. The summed E-state index contributed by atoms with van der Waals surface area (Å²) in [5.74, 6) is 0.561. The summed E-state index contributed by atoms with van der Waals surface area (Å²) >= 11 is 0. The maximum absolute atomic E-state index is 13.8. The lowest BCUT2D eigenvalue weighted by atomic mass is 10.1. The Labute approximate surface area is 248 Å². The number of methoxy groups -OCH3 is 1. The maximum Gasteiger partial charge on any atom is 0.342 e. The van der Waals surface area contributed by atoms with Gasteiger partial charge in [0.2, 0.25) is 0 Å². The van der Waals surface area contributed by atoms with E-state index in [9.17, 15) is 14.0 Å². The number of rotatable bonds is 13. The smallest absolute Gasteiger partial charge is 0.342 e. The van der Waals surface area contributed by atoms with E-state index in [1.807, 2.05) is 30.3 Å². The average molecular weight is 589 g/mol. The summed E-state index contributed by atoms with van der Waals surface area (Å²) in [7, 11) is 2.95. The number of benzene rings is 3. The highest BCUT2D eigenvalue weighted by Gasteiger charge is 2.34. The highest BCUT2D eigenvalue weighted by molar-refractivity contribution is 6.54. The highest BCUT2D eigenvalue weighted by atomic mass is 19.1. The lowest BCUT2D eigenvalue weighted by molar-refractivity contribution is -0.112. The van der Waals surface area contributed by atoms with Gasteiger partial charge in [-0.2, -0.15) is 0 Å². The first-order valence-electron chi connectivity index (χ1n) is 14.2. The molecule has 0 spiro atoms. The van der Waals surface area contributed by atoms with Gasteiger partial charge in [-0.3, -0.25) is 4.79 Å². The van der Waals surface area contributed by atoms with Crippen molar-refractivity contribution < 1.29 is 37.4 Å². The molecule has 224 valence electrons. The van der Waals surface area contributed by atoms with E-state index in [0.29, 0.717) is 58.2 Å². The van der Waals surface area contributed by atoms with Crippen LogP contribution in [0.4, 0.5) is 10.1 Å². The minimum atomic E-state index is -0.464. The molecule has 0 aliphatic carbocycles. The van der Waals surface area contributed by atoms with E-state index in [2.05, 4.69) is 5.16 Å². The predicted octanol–water partition coefficient (Wildman–Crippen LogP) is 6.76. The van der Waals surface area contributed by atoms with E-state index in [0.717, 1.165) is 31.2 Å². The number of carbonyl (C=O) groups excluding carboxylic acids is 2. The summed E-state index contributed by atoms with van der Waals surface area (Å²) < 4.78 is 36.5. The second kappa shape index (κ2) is 13.4. The first kappa shape index (κ1) is 29.6. The molecule has 1 amide bonds. The maximum atomic E-state index is 13.8. The van der Waals surface area contributed by atoms with Crippen molar-refractivity contribution in [1.29, 1.82) is 0 Å². The Hall–Kier alpha value is -4.86. The zero-order chi connectivity index (χ0) is 30.3. The van der Waals surface area contributed by atoms with Crippen LogP contribution in [0.15, 0.2) is 70.2 Å². The van der Waals surface area contributed by atoms with Crippen LogP contribution < -0.4 is 14.4 Å². The molecule has 0 unspecified atom stereocenters. The summed E-state index contributed by atoms with van der Waals surface area (Å²) in [6.07, 6.45) is 3.33. The van der Waals surface area contributed by atoms with E-state index in [-0.39, 0.29) is 18.2 Å². The second-order valence-electron chi connectivity index (χ2n) is 9.92. The molecule has 9 nitrogen and oxygen atoms in total. The number of ether oxygens (including phenoxy) is 3. The van der Waals surface area contributed by atoms with Gasteiger partial charge in [-0.25, -0.2) is 9.18 Å². The molecule has 1 aliphatic rings. The molecule has 10 heteroatoms. The van der Waals surface area contributed by atoms with Crippen LogP contribution in [0.3, 0.4) is 0 Å². The number of anilines is 1. The summed E-state index contributed by atoms with van der Waals surface area (Å²) in [4.78, 5) is 32.2. The van der Waals surface area contributed by atoms with E-state index < -0.39 is 11.8 Å². The lowest BCUT2D eigenvalue weighted by Gasteiger charge is -2.16. The highest BCUT2D eigenvalue weighted by Crippen LogP contribution is 2.37. The number of unbranched alkanes of at least 4 members (excludes halogenated alkanes) is 3. The molecule has 0 saturated carbocycles. The van der Waals surface area contributed by atoms with E-state index in [1.165, 1.54) is 19.2 Å². The number of esters is 1. The second-order valence-corrected chi connectivity index (χ2v) is 9.92. The van der Waals surface area contributed by atoms with Crippen molar-refractivity contribution in [3.63, 3.8) is 0 Å². The Morgan fingerprint density at radius 2 is 1.72 bits per heavy atom. The van der Waals surface area contributed by atoms with Crippen LogP contribution >= 0.6 is 0 Å². The number of furan rings is 1. The summed E-state index contributed by atoms with van der Waals surface area (Å²) in [5, 5.41) is 4.43. The number of amides is 1. The fraction of sp³-hybridized carbons (Fsp3) is 0.303. The molecule has 1 aromatic heterocycles. The molecule has 3 aromatic carbocycles. The number of fused-ring (bicyclic) bond motifs is 2. The van der Waals surface area contributed by atoms with Gasteiger partial charge in [0.25, 0.3) is 5.91 Å². The first-order chi connectivity index (χ1) is 20.9. The summed E-state index contributed by atoms with van der Waals surface area (Å²) in [5.41, 5.74) is 2.83. The minimum Gasteiger partial charge on any atom is -0.497 e. The van der Waals surface area contributed by atoms with Gasteiger partial charge in [0, 0.05) is 23.1 Å². The molecule has 0 saturated heterocycles. The fourth-order valence-electron chi connectivity index (χ4n) is 5.12. The molecule has 1 aliphatic heterocycles. The molecular weight excluding hydrogens is 555 g/mol. The van der Waals surface area contributed by atoms with Gasteiger partial charge >= 0.3 is 5.97 Å². The molecule has 0 N–H and O–H groups in total. The van der Waals surface area contributed by atoms with Crippen molar-refractivity contribution in [2.45, 2.75) is 32.6 Å². The van der Waals surface area contributed by atoms with Gasteiger partial charge < -0.3 is 28.4 Å². The van der Waals surface area contributed by atoms with Crippen molar-refractivity contribution in [3.8, 4) is 22.8 Å². The third-order valence-electron chi connectivity index (χ3n) is 7.17. The predicted molar refractivity (Wildman–Crippen MR) is 160 cm³/mol. The lowest BCUT2D eigenvalue weighted by Crippen LogP contribution is -2.31. The minimum absolute atomic E-state index is 0.113. The third-order valence-corrected chi connectivity index (χ3v) is 7.17. The van der Waals surface area contributed by atoms with Crippen LogP contribution in [0.25, 0.3) is 22.3 Å². The number of halogens is 1. The van der Waals surface area contributed by atoms with Crippen LogP contribution in [0.5, 0.6) is 11.5 Å². The van der Waals surface area contributed by atoms with E-state index >= 15 is 0 Å². The van der Waals surface area contributed by atoms with Gasteiger partial charge in [0.15, 0.2) is 5.71 Å². The molecule has 0 fully saturated rings. The van der Waals surface area contributed by atoms with Gasteiger partial charge in [0.1, 0.15) is 41.3 Å². The van der Waals surface area contributed by atoms with Crippen molar-refractivity contribution in [2.75, 3.05) is 38.9 Å². The van der Waals surface area contributed by atoms with E-state index in [1.54, 1.807) is 37.1 Å². The van der Waals surface area contributed by atoms with Crippen molar-refractivity contribution in [1.82, 2.24) is 0 Å². The molecule has 0 radical (unpaired) electrons. The Morgan fingerprint density at radius 3 is 2.47 bits per heavy atom. The number of carbonyl (C=O) groups is 2. The largest absolute Gasteiger partial charge is 0.497 e. The van der Waals surface area contributed by atoms with Crippen LogP contribution in [0, 0.1) is 5.82 Å². The number of nitrogens with zero attached hydrogens (tertiary/aromatic N) is 2. The zero-order valence-electron chi connectivity index (χ0n) is 24.4. The van der Waals surface area contributed by atoms with Crippen molar-refractivity contribution >= 4 is 34.2 Å². The van der Waals surface area contributed by atoms with Gasteiger partial charge in [-0.05, 0) is 80.4 Å². The Kier molecular flexibility index (Phi) is 9.24. The van der Waals surface area contributed by atoms with Gasteiger partial charge in [-0.1, -0.05) is 18.0 Å². The van der Waals surface area contributed by atoms with Crippen molar-refractivity contribution in [2.24, 2.45) is 5.16 Å². The molecule has 4 aromatic rings. The van der Waals surface area contributed by atoms with Crippen molar-refractivity contribution in [3.05, 3.63) is 77.6 Å². The quantitative estimate of drug-likeness (QED) is 0.0966. The van der Waals surface area contributed by atoms with Crippen LogP contribution in [0.1, 0.15) is 48.5 Å². The molecule has 2 heterocycles.